The van der Waals surface area contributed by atoms with Crippen LogP contribution in [0.4, 0.5) is 0 Å². The third kappa shape index (κ3) is 1.82. The van der Waals surface area contributed by atoms with E-state index in [0.29, 0.717) is 0 Å². The lowest BCUT2D eigenvalue weighted by Crippen LogP contribution is -2.35. The van der Waals surface area contributed by atoms with Crippen LogP contribution in [0.2, 0.25) is 0 Å². The van der Waals surface area contributed by atoms with Gasteiger partial charge in [0.25, 0.3) is 0 Å². The van der Waals surface area contributed by atoms with Crippen molar-refractivity contribution in [3.05, 3.63) is 60.2 Å². The van der Waals surface area contributed by atoms with Crippen molar-refractivity contribution in [1.82, 2.24) is 5.10 Å². The van der Waals surface area contributed by atoms with Crippen LogP contribution in [0.15, 0.2) is 59.0 Å². The van der Waals surface area contributed by atoms with Gasteiger partial charge in [-0.25, -0.2) is 0 Å². The van der Waals surface area contributed by atoms with Crippen LogP contribution in [0.25, 0.3) is 33.3 Å². The first-order valence-corrected chi connectivity index (χ1v) is 6.98. The van der Waals surface area contributed by atoms with Gasteiger partial charge in [0.05, 0.1) is 17.0 Å². The van der Waals surface area contributed by atoms with Gasteiger partial charge in [-0.3, -0.25) is 0 Å². The highest BCUT2D eigenvalue weighted by atomic mass is 16.3. The smallest absolute Gasteiger partial charge is 0.242 e. The molecule has 0 atom stereocenters. The first-order valence-electron chi connectivity index (χ1n) is 6.98. The molecule has 0 saturated heterocycles. The van der Waals surface area contributed by atoms with Gasteiger partial charge in [-0.1, -0.05) is 35.0 Å². The first kappa shape index (κ1) is 12.1. The molecule has 21 heavy (non-hydrogen) atoms. The number of fused-ring (bicyclic) bond motifs is 3. The Hall–Kier alpha value is -2.68. The Morgan fingerprint density at radius 2 is 1.71 bits per heavy atom. The first-order chi connectivity index (χ1) is 10.2. The molecule has 4 aromatic rings. The largest absolute Gasteiger partial charge is 0.454 e. The topological polar surface area (TPSA) is 29.9 Å². The summed E-state index contributed by atoms with van der Waals surface area (Å²) in [6, 6.07) is 18.4. The normalized spacial score (nSPS) is 11.3. The number of hydrogen-bond acceptors (Lipinski definition) is 2. The number of para-hydroxylation sites is 1. The lowest BCUT2D eigenvalue weighted by molar-refractivity contribution is -0.717. The van der Waals surface area contributed by atoms with E-state index in [1.54, 1.807) is 0 Å². The minimum atomic E-state index is 0.826. The van der Waals surface area contributed by atoms with Crippen molar-refractivity contribution in [3.63, 3.8) is 0 Å². The SMILES string of the molecule is Cc1ccccc1-c1cc2oc3ccccc3c2n[n+]1C. The van der Waals surface area contributed by atoms with Crippen molar-refractivity contribution in [2.75, 3.05) is 0 Å². The number of benzene rings is 2. The summed E-state index contributed by atoms with van der Waals surface area (Å²) in [6.45, 7) is 2.11. The third-order valence-corrected chi connectivity index (χ3v) is 3.88. The molecule has 0 spiro atoms. The highest BCUT2D eigenvalue weighted by Gasteiger charge is 2.19. The summed E-state index contributed by atoms with van der Waals surface area (Å²) >= 11 is 0. The van der Waals surface area contributed by atoms with E-state index in [2.05, 4.69) is 25.1 Å². The maximum atomic E-state index is 5.93. The molecule has 3 heteroatoms. The molecule has 4 rings (SSSR count). The van der Waals surface area contributed by atoms with Gasteiger partial charge < -0.3 is 4.42 Å². The van der Waals surface area contributed by atoms with Gasteiger partial charge in [0, 0.05) is 5.10 Å². The quantitative estimate of drug-likeness (QED) is 0.495. The van der Waals surface area contributed by atoms with E-state index in [4.69, 9.17) is 9.52 Å². The molecule has 0 radical (unpaired) electrons. The molecule has 102 valence electrons. The van der Waals surface area contributed by atoms with E-state index in [-0.39, 0.29) is 0 Å². The monoisotopic (exact) mass is 275 g/mol. The average Bonchev–Trinajstić information content (AvgIpc) is 2.85. The van der Waals surface area contributed by atoms with E-state index in [9.17, 15) is 0 Å². The standard InChI is InChI=1S/C18H15N2O/c1-12-7-3-4-8-13(12)15-11-17-18(19-20(15)2)14-9-5-6-10-16(14)21-17/h3-11H,1-2H3/q+1. The van der Waals surface area contributed by atoms with Crippen molar-refractivity contribution in [2.45, 2.75) is 6.92 Å². The summed E-state index contributed by atoms with van der Waals surface area (Å²) in [5.74, 6) is 0. The van der Waals surface area contributed by atoms with Crippen LogP contribution in [-0.4, -0.2) is 5.10 Å². The van der Waals surface area contributed by atoms with Gasteiger partial charge >= 0.3 is 0 Å². The Morgan fingerprint density at radius 1 is 0.952 bits per heavy atom. The van der Waals surface area contributed by atoms with E-state index in [1.807, 2.05) is 48.1 Å². The third-order valence-electron chi connectivity index (χ3n) is 3.88. The fourth-order valence-corrected chi connectivity index (χ4v) is 2.79. The van der Waals surface area contributed by atoms with Crippen molar-refractivity contribution in [1.29, 1.82) is 0 Å². The maximum absolute atomic E-state index is 5.93. The zero-order valence-corrected chi connectivity index (χ0v) is 12.0. The van der Waals surface area contributed by atoms with Crippen molar-refractivity contribution >= 4 is 22.1 Å². The second kappa shape index (κ2) is 4.42. The molecular weight excluding hydrogens is 260 g/mol. The number of rotatable bonds is 1. The minimum absolute atomic E-state index is 0.826. The van der Waals surface area contributed by atoms with Crippen molar-refractivity contribution in [2.24, 2.45) is 7.05 Å². The highest BCUT2D eigenvalue weighted by Crippen LogP contribution is 2.29. The van der Waals surface area contributed by atoms with Crippen molar-refractivity contribution in [3.8, 4) is 11.3 Å². The van der Waals surface area contributed by atoms with Crippen LogP contribution in [0.1, 0.15) is 5.56 Å². The average molecular weight is 275 g/mol. The molecule has 0 aliphatic carbocycles. The molecule has 0 unspecified atom stereocenters. The molecule has 0 bridgehead atoms. The van der Waals surface area contributed by atoms with Crippen LogP contribution in [-0.2, 0) is 7.05 Å². The number of aromatic nitrogens is 2. The molecule has 2 aromatic carbocycles. The summed E-state index contributed by atoms with van der Waals surface area (Å²) in [5, 5.41) is 5.76. The minimum Gasteiger partial charge on any atom is -0.454 e. The molecule has 0 saturated carbocycles. The number of aryl methyl sites for hydroxylation is 2. The summed E-state index contributed by atoms with van der Waals surface area (Å²) < 4.78 is 7.86. The van der Waals surface area contributed by atoms with Gasteiger partial charge in [0.2, 0.25) is 5.69 Å². The number of furan rings is 1. The van der Waals surface area contributed by atoms with E-state index in [1.165, 1.54) is 11.1 Å². The van der Waals surface area contributed by atoms with Crippen LogP contribution >= 0.6 is 0 Å². The Morgan fingerprint density at radius 3 is 2.57 bits per heavy atom. The zero-order valence-electron chi connectivity index (χ0n) is 12.0. The van der Waals surface area contributed by atoms with E-state index in [0.717, 1.165) is 27.8 Å². The molecule has 0 fully saturated rings. The van der Waals surface area contributed by atoms with Crippen LogP contribution < -0.4 is 4.68 Å². The number of nitrogens with zero attached hydrogens (tertiary/aromatic N) is 2. The van der Waals surface area contributed by atoms with Gasteiger partial charge in [-0.2, -0.15) is 0 Å². The highest BCUT2D eigenvalue weighted by molar-refractivity contribution is 6.02. The molecule has 0 aliphatic heterocycles. The summed E-state index contributed by atoms with van der Waals surface area (Å²) in [7, 11) is 1.98. The van der Waals surface area contributed by atoms with Crippen LogP contribution in [0.3, 0.4) is 0 Å². The predicted octanol–water partition coefficient (Wildman–Crippen LogP) is 3.78. The van der Waals surface area contributed by atoms with Crippen LogP contribution in [0, 0.1) is 6.92 Å². The Bertz CT molecular complexity index is 969. The second-order valence-corrected chi connectivity index (χ2v) is 5.28. The summed E-state index contributed by atoms with van der Waals surface area (Å²) in [5.41, 5.74) is 6.07. The fraction of sp³-hybridized carbons (Fsp3) is 0.111. The van der Waals surface area contributed by atoms with E-state index >= 15 is 0 Å². The molecular formula is C18H15N2O+. The van der Waals surface area contributed by atoms with Gasteiger partial charge in [0.1, 0.15) is 5.58 Å². The second-order valence-electron chi connectivity index (χ2n) is 5.28. The molecule has 2 heterocycles. The fourth-order valence-electron chi connectivity index (χ4n) is 2.79. The summed E-state index contributed by atoms with van der Waals surface area (Å²) in [6.07, 6.45) is 0. The lowest BCUT2D eigenvalue weighted by Gasteiger charge is -2.02. The number of hydrogen-bond donors (Lipinski definition) is 0. The van der Waals surface area contributed by atoms with Crippen LogP contribution in [0.5, 0.6) is 0 Å². The van der Waals surface area contributed by atoms with Gasteiger partial charge in [0.15, 0.2) is 18.1 Å². The Kier molecular flexibility index (Phi) is 2.54. The van der Waals surface area contributed by atoms with Crippen molar-refractivity contribution < 1.29 is 9.10 Å². The lowest BCUT2D eigenvalue weighted by atomic mass is 10.1. The summed E-state index contributed by atoms with van der Waals surface area (Å²) in [4.78, 5) is 0. The van der Waals surface area contributed by atoms with Gasteiger partial charge in [-0.05, 0) is 30.7 Å². The molecule has 0 aliphatic rings. The molecule has 3 nitrogen and oxygen atoms in total. The molecule has 2 aromatic heterocycles. The van der Waals surface area contributed by atoms with Gasteiger partial charge in [-0.15, -0.1) is 0 Å². The Labute approximate surface area is 122 Å². The Balaban J connectivity index is 2.06. The zero-order chi connectivity index (χ0) is 14.4. The molecule has 0 amide bonds. The maximum Gasteiger partial charge on any atom is 0.242 e. The predicted molar refractivity (Wildman–Crippen MR) is 82.9 cm³/mol. The molecule has 0 N–H and O–H groups in total. The van der Waals surface area contributed by atoms with E-state index < -0.39 is 0 Å².